The smallest absolute Gasteiger partial charge is 0.323 e. The molecule has 2 aromatic heterocycles. The summed E-state index contributed by atoms with van der Waals surface area (Å²) in [6.07, 6.45) is 5.64. The van der Waals surface area contributed by atoms with Crippen molar-refractivity contribution < 1.29 is 9.59 Å². The average molecular weight is 346 g/mol. The van der Waals surface area contributed by atoms with Crippen LogP contribution in [0.25, 0.3) is 0 Å². The molecule has 9 nitrogen and oxygen atoms in total. The number of H-pyrrole nitrogens is 2. The van der Waals surface area contributed by atoms with Gasteiger partial charge in [-0.15, -0.1) is 0 Å². The van der Waals surface area contributed by atoms with Gasteiger partial charge in [0.1, 0.15) is 11.7 Å². The molecule has 0 aliphatic carbocycles. The maximum absolute atomic E-state index is 12.7. The van der Waals surface area contributed by atoms with Crippen molar-refractivity contribution in [1.82, 2.24) is 29.5 Å². The van der Waals surface area contributed by atoms with Crippen molar-refractivity contribution >= 4 is 11.8 Å². The van der Waals surface area contributed by atoms with Crippen molar-refractivity contribution in [2.75, 3.05) is 26.2 Å². The van der Waals surface area contributed by atoms with E-state index in [0.29, 0.717) is 32.6 Å². The van der Waals surface area contributed by atoms with Crippen LogP contribution in [0.3, 0.4) is 0 Å². The van der Waals surface area contributed by atoms with E-state index in [1.165, 1.54) is 6.20 Å². The zero-order valence-electron chi connectivity index (χ0n) is 14.4. The summed E-state index contributed by atoms with van der Waals surface area (Å²) in [6, 6.07) is -0.378. The van der Waals surface area contributed by atoms with Crippen LogP contribution in [0.1, 0.15) is 35.4 Å². The van der Waals surface area contributed by atoms with Crippen molar-refractivity contribution in [2.45, 2.75) is 26.3 Å². The first-order valence-electron chi connectivity index (χ1n) is 8.32. The fourth-order valence-electron chi connectivity index (χ4n) is 2.98. The number of imidazole rings is 1. The average Bonchev–Trinajstić information content (AvgIpc) is 3.14. The number of amides is 2. The number of nitrogens with one attached hydrogen (secondary N) is 2. The first-order valence-corrected chi connectivity index (χ1v) is 8.32. The van der Waals surface area contributed by atoms with Crippen LogP contribution >= 0.6 is 0 Å². The van der Waals surface area contributed by atoms with Gasteiger partial charge < -0.3 is 19.8 Å². The summed E-state index contributed by atoms with van der Waals surface area (Å²) >= 11 is 0. The van der Waals surface area contributed by atoms with Crippen molar-refractivity contribution in [3.05, 3.63) is 40.3 Å². The lowest BCUT2D eigenvalue weighted by atomic mass is 10.2. The van der Waals surface area contributed by atoms with Crippen LogP contribution in [0.2, 0.25) is 0 Å². The standard InChI is InChI=1S/C16H22N6O3/c1-11-8-18-22(10-11)12(2)14(23)20-4-3-5-21(7-6-20)15(24)13-9-17-16(25)19-13/h8-10,12H,3-7H2,1-2H3,(H2,17,19,25). The molecular weight excluding hydrogens is 324 g/mol. The molecule has 1 aliphatic rings. The lowest BCUT2D eigenvalue weighted by Gasteiger charge is -2.24. The topological polar surface area (TPSA) is 107 Å². The minimum Gasteiger partial charge on any atom is -0.339 e. The van der Waals surface area contributed by atoms with Gasteiger partial charge in [0.2, 0.25) is 5.91 Å². The molecule has 25 heavy (non-hydrogen) atoms. The molecule has 3 heterocycles. The molecule has 2 N–H and O–H groups in total. The summed E-state index contributed by atoms with van der Waals surface area (Å²) in [4.78, 5) is 44.6. The Kier molecular flexibility index (Phi) is 4.73. The first kappa shape index (κ1) is 17.0. The highest BCUT2D eigenvalue weighted by Gasteiger charge is 2.27. The fourth-order valence-corrected chi connectivity index (χ4v) is 2.98. The Hall–Kier alpha value is -2.84. The van der Waals surface area contributed by atoms with E-state index >= 15 is 0 Å². The van der Waals surface area contributed by atoms with Gasteiger partial charge in [-0.2, -0.15) is 5.10 Å². The Morgan fingerprint density at radius 2 is 1.92 bits per heavy atom. The zero-order chi connectivity index (χ0) is 18.0. The van der Waals surface area contributed by atoms with Crippen LogP contribution in [0.15, 0.2) is 23.4 Å². The largest absolute Gasteiger partial charge is 0.339 e. The molecule has 1 unspecified atom stereocenters. The molecule has 1 atom stereocenters. The van der Waals surface area contributed by atoms with Gasteiger partial charge in [-0.25, -0.2) is 4.79 Å². The van der Waals surface area contributed by atoms with E-state index in [4.69, 9.17) is 0 Å². The van der Waals surface area contributed by atoms with Crippen LogP contribution in [0.4, 0.5) is 0 Å². The van der Waals surface area contributed by atoms with Crippen molar-refractivity contribution in [1.29, 1.82) is 0 Å². The number of hydrogen-bond donors (Lipinski definition) is 2. The number of aromatic nitrogens is 4. The van der Waals surface area contributed by atoms with Crippen LogP contribution in [0.5, 0.6) is 0 Å². The maximum Gasteiger partial charge on any atom is 0.323 e. The Balaban J connectivity index is 1.64. The van der Waals surface area contributed by atoms with Gasteiger partial charge in [-0.1, -0.05) is 0 Å². The third kappa shape index (κ3) is 3.65. The molecule has 0 spiro atoms. The number of carbonyl (C=O) groups is 2. The molecule has 9 heteroatoms. The number of hydrogen-bond acceptors (Lipinski definition) is 4. The lowest BCUT2D eigenvalue weighted by molar-refractivity contribution is -0.134. The lowest BCUT2D eigenvalue weighted by Crippen LogP contribution is -2.40. The molecule has 3 rings (SSSR count). The van der Waals surface area contributed by atoms with Crippen molar-refractivity contribution in [3.63, 3.8) is 0 Å². The molecule has 0 aromatic carbocycles. The number of aromatic amines is 2. The summed E-state index contributed by atoms with van der Waals surface area (Å²) in [7, 11) is 0. The van der Waals surface area contributed by atoms with E-state index in [1.54, 1.807) is 20.7 Å². The molecule has 0 bridgehead atoms. The zero-order valence-corrected chi connectivity index (χ0v) is 14.4. The molecular formula is C16H22N6O3. The van der Waals surface area contributed by atoms with E-state index in [2.05, 4.69) is 15.1 Å². The van der Waals surface area contributed by atoms with Crippen LogP contribution < -0.4 is 5.69 Å². The minimum atomic E-state index is -0.404. The Bertz CT molecular complexity index is 820. The summed E-state index contributed by atoms with van der Waals surface area (Å²) in [6.45, 7) is 5.79. The predicted octanol–water partition coefficient (Wildman–Crippen LogP) is 0.144. The van der Waals surface area contributed by atoms with Gasteiger partial charge in [0, 0.05) is 38.6 Å². The van der Waals surface area contributed by atoms with Crippen molar-refractivity contribution in [2.24, 2.45) is 0 Å². The third-order valence-electron chi connectivity index (χ3n) is 4.41. The highest BCUT2D eigenvalue weighted by molar-refractivity contribution is 5.92. The highest BCUT2D eigenvalue weighted by Crippen LogP contribution is 2.13. The van der Waals surface area contributed by atoms with Crippen molar-refractivity contribution in [3.8, 4) is 0 Å². The second-order valence-electron chi connectivity index (χ2n) is 6.30. The van der Waals surface area contributed by atoms with Crippen LogP contribution in [-0.2, 0) is 4.79 Å². The maximum atomic E-state index is 12.7. The molecule has 1 fully saturated rings. The second kappa shape index (κ2) is 6.96. The van der Waals surface area contributed by atoms with E-state index < -0.39 is 5.69 Å². The summed E-state index contributed by atoms with van der Waals surface area (Å²) in [5, 5.41) is 4.21. The second-order valence-corrected chi connectivity index (χ2v) is 6.30. The molecule has 0 radical (unpaired) electrons. The van der Waals surface area contributed by atoms with Gasteiger partial charge >= 0.3 is 5.69 Å². The van der Waals surface area contributed by atoms with Crippen LogP contribution in [0, 0.1) is 6.92 Å². The van der Waals surface area contributed by atoms with E-state index in [9.17, 15) is 14.4 Å². The highest BCUT2D eigenvalue weighted by atomic mass is 16.2. The number of aryl methyl sites for hydroxylation is 1. The molecule has 2 aromatic rings. The first-order chi connectivity index (χ1) is 12.0. The quantitative estimate of drug-likeness (QED) is 0.824. The predicted molar refractivity (Wildman–Crippen MR) is 90.2 cm³/mol. The van der Waals surface area contributed by atoms with E-state index in [-0.39, 0.29) is 23.6 Å². The van der Waals surface area contributed by atoms with Gasteiger partial charge in [0.25, 0.3) is 5.91 Å². The summed E-state index contributed by atoms with van der Waals surface area (Å²) < 4.78 is 1.66. The van der Waals surface area contributed by atoms with Gasteiger partial charge in [-0.3, -0.25) is 14.3 Å². The summed E-state index contributed by atoms with van der Waals surface area (Å²) in [5.74, 6) is -0.240. The normalized spacial score (nSPS) is 16.6. The Labute approximate surface area is 144 Å². The number of rotatable bonds is 3. The Morgan fingerprint density at radius 1 is 1.20 bits per heavy atom. The molecule has 2 amide bonds. The number of carbonyl (C=O) groups excluding carboxylic acids is 2. The third-order valence-corrected chi connectivity index (χ3v) is 4.41. The van der Waals surface area contributed by atoms with Gasteiger partial charge in [0.05, 0.1) is 6.20 Å². The minimum absolute atomic E-state index is 0.00699. The van der Waals surface area contributed by atoms with E-state index in [1.807, 2.05) is 20.0 Å². The number of nitrogens with zero attached hydrogens (tertiary/aromatic N) is 4. The van der Waals surface area contributed by atoms with E-state index in [0.717, 1.165) is 5.56 Å². The molecule has 1 aliphatic heterocycles. The SMILES string of the molecule is Cc1cnn(C(C)C(=O)N2CCCN(C(=O)c3c[nH]c(=O)[nH]3)CC2)c1. The van der Waals surface area contributed by atoms with Crippen LogP contribution in [-0.4, -0.2) is 67.5 Å². The van der Waals surface area contributed by atoms with Gasteiger partial charge in [0.15, 0.2) is 0 Å². The van der Waals surface area contributed by atoms with Gasteiger partial charge in [-0.05, 0) is 25.8 Å². The Morgan fingerprint density at radius 3 is 2.56 bits per heavy atom. The fraction of sp³-hybridized carbons (Fsp3) is 0.500. The molecule has 1 saturated heterocycles. The molecule has 0 saturated carbocycles. The molecule has 134 valence electrons. The monoisotopic (exact) mass is 346 g/mol. The summed E-state index contributed by atoms with van der Waals surface area (Å²) in [5.41, 5.74) is 0.844.